The molecule has 1 aromatic carbocycles. The van der Waals surface area contributed by atoms with E-state index in [-0.39, 0.29) is 0 Å². The minimum atomic E-state index is 0.564. The van der Waals surface area contributed by atoms with Crippen molar-refractivity contribution in [3.05, 3.63) is 29.8 Å². The molecule has 0 aliphatic carbocycles. The number of hydrogen-bond donors (Lipinski definition) is 2. The van der Waals surface area contributed by atoms with Gasteiger partial charge in [0, 0.05) is 13.1 Å². The second-order valence-corrected chi connectivity index (χ2v) is 3.90. The van der Waals surface area contributed by atoms with Crippen molar-refractivity contribution in [1.82, 2.24) is 5.32 Å². The molecule has 2 rings (SSSR count). The van der Waals surface area contributed by atoms with Gasteiger partial charge in [-0.05, 0) is 36.6 Å². The second-order valence-electron chi connectivity index (χ2n) is 3.90. The Labute approximate surface area is 90.6 Å². The van der Waals surface area contributed by atoms with Crippen LogP contribution < -0.4 is 15.8 Å². The lowest BCUT2D eigenvalue weighted by Crippen LogP contribution is -2.10. The van der Waals surface area contributed by atoms with Gasteiger partial charge in [-0.15, -0.1) is 0 Å². The maximum atomic E-state index is 5.43. The van der Waals surface area contributed by atoms with E-state index in [0.29, 0.717) is 19.1 Å². The second kappa shape index (κ2) is 5.14. The van der Waals surface area contributed by atoms with Gasteiger partial charge >= 0.3 is 0 Å². The summed E-state index contributed by atoms with van der Waals surface area (Å²) < 4.78 is 5.43. The predicted molar refractivity (Wildman–Crippen MR) is 61.2 cm³/mol. The molecule has 1 heterocycles. The van der Waals surface area contributed by atoms with E-state index in [1.54, 1.807) is 0 Å². The van der Waals surface area contributed by atoms with Crippen molar-refractivity contribution in [1.29, 1.82) is 0 Å². The highest BCUT2D eigenvalue weighted by molar-refractivity contribution is 5.30. The Morgan fingerprint density at radius 1 is 1.33 bits per heavy atom. The van der Waals surface area contributed by atoms with Crippen LogP contribution in [0.4, 0.5) is 0 Å². The average molecular weight is 206 g/mol. The van der Waals surface area contributed by atoms with Crippen molar-refractivity contribution in [3.8, 4) is 5.75 Å². The van der Waals surface area contributed by atoms with E-state index in [2.05, 4.69) is 17.4 Å². The van der Waals surface area contributed by atoms with Crippen molar-refractivity contribution in [2.24, 2.45) is 5.73 Å². The quantitative estimate of drug-likeness (QED) is 0.775. The van der Waals surface area contributed by atoms with Crippen LogP contribution in [-0.2, 0) is 0 Å². The van der Waals surface area contributed by atoms with Crippen LogP contribution in [0.2, 0.25) is 0 Å². The van der Waals surface area contributed by atoms with Crippen LogP contribution in [0.1, 0.15) is 17.9 Å². The Bertz CT molecular complexity index is 291. The maximum absolute atomic E-state index is 5.43. The van der Waals surface area contributed by atoms with E-state index in [9.17, 15) is 0 Å². The number of hydrogen-bond acceptors (Lipinski definition) is 3. The smallest absolute Gasteiger partial charge is 0.119 e. The lowest BCUT2D eigenvalue weighted by Gasteiger charge is -2.10. The summed E-state index contributed by atoms with van der Waals surface area (Å²) in [5.41, 5.74) is 6.78. The van der Waals surface area contributed by atoms with Gasteiger partial charge in [0.25, 0.3) is 0 Å². The van der Waals surface area contributed by atoms with Gasteiger partial charge in [-0.1, -0.05) is 12.1 Å². The third kappa shape index (κ3) is 2.70. The van der Waals surface area contributed by atoms with Crippen LogP contribution in [0, 0.1) is 0 Å². The molecule has 1 atom stereocenters. The number of nitrogens with one attached hydrogen (secondary N) is 1. The molecule has 82 valence electrons. The lowest BCUT2D eigenvalue weighted by atomic mass is 9.99. The first-order valence-corrected chi connectivity index (χ1v) is 5.53. The molecule has 1 saturated heterocycles. The molecular formula is C12H18N2O. The van der Waals surface area contributed by atoms with Crippen LogP contribution in [0.5, 0.6) is 5.75 Å². The van der Waals surface area contributed by atoms with E-state index in [0.717, 1.165) is 18.8 Å². The number of ether oxygens (including phenoxy) is 1. The summed E-state index contributed by atoms with van der Waals surface area (Å²) in [4.78, 5) is 0. The molecule has 0 amide bonds. The highest BCUT2D eigenvalue weighted by Crippen LogP contribution is 2.24. The van der Waals surface area contributed by atoms with E-state index in [1.807, 2.05) is 12.1 Å². The van der Waals surface area contributed by atoms with Gasteiger partial charge in [0.2, 0.25) is 0 Å². The van der Waals surface area contributed by atoms with Gasteiger partial charge in [-0.2, -0.15) is 0 Å². The third-order valence-electron chi connectivity index (χ3n) is 2.80. The normalized spacial score (nSPS) is 20.5. The van der Waals surface area contributed by atoms with E-state index >= 15 is 0 Å². The summed E-state index contributed by atoms with van der Waals surface area (Å²) in [6, 6.07) is 8.37. The average Bonchev–Trinajstić information content (AvgIpc) is 2.80. The third-order valence-corrected chi connectivity index (χ3v) is 2.80. The van der Waals surface area contributed by atoms with Crippen LogP contribution in [0.25, 0.3) is 0 Å². The summed E-state index contributed by atoms with van der Waals surface area (Å²) in [5.74, 6) is 1.59. The Balaban J connectivity index is 1.96. The molecule has 0 bridgehead atoms. The molecule has 3 N–H and O–H groups in total. The first kappa shape index (κ1) is 10.5. The van der Waals surface area contributed by atoms with E-state index in [1.165, 1.54) is 12.0 Å². The van der Waals surface area contributed by atoms with Gasteiger partial charge in [0.15, 0.2) is 0 Å². The fraction of sp³-hybridized carbons (Fsp3) is 0.500. The number of nitrogens with two attached hydrogens (primary N) is 1. The van der Waals surface area contributed by atoms with Crippen molar-refractivity contribution in [3.63, 3.8) is 0 Å². The Hall–Kier alpha value is -1.06. The molecule has 15 heavy (non-hydrogen) atoms. The lowest BCUT2D eigenvalue weighted by molar-refractivity contribution is 0.328. The molecule has 0 saturated carbocycles. The monoisotopic (exact) mass is 206 g/mol. The zero-order valence-corrected chi connectivity index (χ0v) is 8.91. The Morgan fingerprint density at radius 3 is 2.73 bits per heavy atom. The molecule has 1 fully saturated rings. The summed E-state index contributed by atoms with van der Waals surface area (Å²) in [6.45, 7) is 3.39. The van der Waals surface area contributed by atoms with Gasteiger partial charge in [0.1, 0.15) is 12.4 Å². The summed E-state index contributed by atoms with van der Waals surface area (Å²) in [5, 5.41) is 3.37. The molecule has 3 heteroatoms. The van der Waals surface area contributed by atoms with Crippen molar-refractivity contribution >= 4 is 0 Å². The number of rotatable bonds is 4. The minimum Gasteiger partial charge on any atom is -0.492 e. The first-order valence-electron chi connectivity index (χ1n) is 5.53. The van der Waals surface area contributed by atoms with Crippen molar-refractivity contribution < 1.29 is 4.74 Å². The minimum absolute atomic E-state index is 0.564. The standard InChI is InChI=1S/C12H18N2O/c13-6-8-15-12-3-1-10(2-4-12)11-5-7-14-9-11/h1-4,11,14H,5-9,13H2. The van der Waals surface area contributed by atoms with Crippen LogP contribution in [-0.4, -0.2) is 26.2 Å². The zero-order valence-electron chi connectivity index (χ0n) is 8.91. The highest BCUT2D eigenvalue weighted by atomic mass is 16.5. The molecule has 0 radical (unpaired) electrons. The molecule has 3 nitrogen and oxygen atoms in total. The van der Waals surface area contributed by atoms with Crippen molar-refractivity contribution in [2.45, 2.75) is 12.3 Å². The van der Waals surface area contributed by atoms with Gasteiger partial charge < -0.3 is 15.8 Å². The molecule has 1 aliphatic rings. The van der Waals surface area contributed by atoms with E-state index in [4.69, 9.17) is 10.5 Å². The molecule has 1 aromatic rings. The molecular weight excluding hydrogens is 188 g/mol. The summed E-state index contributed by atoms with van der Waals surface area (Å²) in [6.07, 6.45) is 1.24. The SMILES string of the molecule is NCCOc1ccc(C2CCNC2)cc1. The molecule has 1 aliphatic heterocycles. The van der Waals surface area contributed by atoms with Crippen molar-refractivity contribution in [2.75, 3.05) is 26.2 Å². The van der Waals surface area contributed by atoms with Gasteiger partial charge in [0.05, 0.1) is 0 Å². The topological polar surface area (TPSA) is 47.3 Å². The van der Waals surface area contributed by atoms with Gasteiger partial charge in [-0.25, -0.2) is 0 Å². The fourth-order valence-corrected chi connectivity index (χ4v) is 1.95. The summed E-state index contributed by atoms with van der Waals surface area (Å²) in [7, 11) is 0. The zero-order chi connectivity index (χ0) is 10.5. The van der Waals surface area contributed by atoms with Crippen LogP contribution in [0.15, 0.2) is 24.3 Å². The Morgan fingerprint density at radius 2 is 2.13 bits per heavy atom. The molecule has 1 unspecified atom stereocenters. The van der Waals surface area contributed by atoms with Gasteiger partial charge in [-0.3, -0.25) is 0 Å². The molecule has 0 aromatic heterocycles. The first-order chi connectivity index (χ1) is 7.40. The maximum Gasteiger partial charge on any atom is 0.119 e. The summed E-state index contributed by atoms with van der Waals surface area (Å²) >= 11 is 0. The Kier molecular flexibility index (Phi) is 3.59. The largest absolute Gasteiger partial charge is 0.492 e. The highest BCUT2D eigenvalue weighted by Gasteiger charge is 2.15. The van der Waals surface area contributed by atoms with Crippen LogP contribution >= 0.6 is 0 Å². The molecule has 0 spiro atoms. The van der Waals surface area contributed by atoms with Crippen LogP contribution in [0.3, 0.4) is 0 Å². The number of benzene rings is 1. The predicted octanol–water partition coefficient (Wildman–Crippen LogP) is 1.10. The fourth-order valence-electron chi connectivity index (χ4n) is 1.95. The van der Waals surface area contributed by atoms with E-state index < -0.39 is 0 Å².